The average Bonchev–Trinajstić information content (AvgIpc) is 2.86. The van der Waals surface area contributed by atoms with Crippen molar-refractivity contribution in [2.24, 2.45) is 0 Å². The first-order valence-electron chi connectivity index (χ1n) is 11.5. The van der Waals surface area contributed by atoms with Gasteiger partial charge < -0.3 is 20.2 Å². The summed E-state index contributed by atoms with van der Waals surface area (Å²) in [7, 11) is 0. The maximum Gasteiger partial charge on any atom is 0.303 e. The molecule has 0 aromatic heterocycles. The Labute approximate surface area is 203 Å². The summed E-state index contributed by atoms with van der Waals surface area (Å²) in [6.45, 7) is 0.613. The fourth-order valence-electron chi connectivity index (χ4n) is 3.71. The van der Waals surface area contributed by atoms with Crippen molar-refractivity contribution >= 4 is 34.5 Å². The van der Waals surface area contributed by atoms with Gasteiger partial charge in [-0.15, -0.1) is 0 Å². The van der Waals surface area contributed by atoms with Crippen molar-refractivity contribution in [2.45, 2.75) is 38.5 Å². The molecule has 0 radical (unpaired) electrons. The van der Waals surface area contributed by atoms with Crippen LogP contribution in [-0.2, 0) is 20.9 Å². The van der Waals surface area contributed by atoms with Crippen molar-refractivity contribution < 1.29 is 29.7 Å². The van der Waals surface area contributed by atoms with E-state index in [-0.39, 0.29) is 19.4 Å². The normalized spacial score (nSPS) is 11.3. The topological polar surface area (TPSA) is 115 Å². The van der Waals surface area contributed by atoms with Crippen LogP contribution < -0.4 is 0 Å². The van der Waals surface area contributed by atoms with E-state index in [2.05, 4.69) is 0 Å². The van der Waals surface area contributed by atoms with Gasteiger partial charge in [0.1, 0.15) is 0 Å². The van der Waals surface area contributed by atoms with Crippen LogP contribution in [0.15, 0.2) is 72.8 Å². The molecule has 0 bridgehead atoms. The summed E-state index contributed by atoms with van der Waals surface area (Å²) in [4.78, 5) is 37.5. The maximum atomic E-state index is 12.8. The Bertz CT molecular complexity index is 1200. The first-order chi connectivity index (χ1) is 16.8. The number of aliphatic hydroxyl groups is 2. The smallest absolute Gasteiger partial charge is 0.303 e. The second-order valence-electron chi connectivity index (χ2n) is 8.31. The van der Waals surface area contributed by atoms with Crippen molar-refractivity contribution in [1.29, 1.82) is 0 Å². The Kier molecular flexibility index (Phi) is 9.29. The minimum atomic E-state index is -1.50. The monoisotopic (exact) mass is 475 g/mol. The quantitative estimate of drug-likeness (QED) is 0.207. The molecule has 182 valence electrons. The van der Waals surface area contributed by atoms with Gasteiger partial charge >= 0.3 is 5.97 Å². The highest BCUT2D eigenvalue weighted by molar-refractivity contribution is 6.36. The van der Waals surface area contributed by atoms with Crippen LogP contribution in [0.3, 0.4) is 0 Å². The molecule has 0 spiro atoms. The number of carbonyl (C=O) groups is 3. The predicted octanol–water partition coefficient (Wildman–Crippen LogP) is 4.08. The number of aliphatic carboxylic acids is 1. The van der Waals surface area contributed by atoms with Crippen LogP contribution in [-0.4, -0.2) is 44.4 Å². The number of carbonyl (C=O) groups excluding carboxylic acids is 2. The van der Waals surface area contributed by atoms with Crippen molar-refractivity contribution in [3.8, 4) is 0 Å². The zero-order valence-corrected chi connectivity index (χ0v) is 19.3. The van der Waals surface area contributed by atoms with E-state index in [0.717, 1.165) is 21.9 Å². The zero-order chi connectivity index (χ0) is 25.2. The molecule has 7 heteroatoms. The number of hydrogen-bond acceptors (Lipinski definition) is 5. The zero-order valence-electron chi connectivity index (χ0n) is 19.3. The van der Waals surface area contributed by atoms with Gasteiger partial charge in [0, 0.05) is 25.1 Å². The molecule has 0 saturated heterocycles. The Hall–Kier alpha value is -3.81. The lowest BCUT2D eigenvalue weighted by atomic mass is 10.1. The van der Waals surface area contributed by atoms with E-state index in [9.17, 15) is 14.4 Å². The number of carboxylic acids is 1. The van der Waals surface area contributed by atoms with Gasteiger partial charge in [0.2, 0.25) is 5.78 Å². The largest absolute Gasteiger partial charge is 0.481 e. The third-order valence-corrected chi connectivity index (χ3v) is 5.62. The summed E-state index contributed by atoms with van der Waals surface area (Å²) in [5.74, 6) is -2.48. The number of rotatable bonds is 12. The second kappa shape index (κ2) is 12.6. The van der Waals surface area contributed by atoms with Crippen LogP contribution in [0.1, 0.15) is 48.7 Å². The van der Waals surface area contributed by atoms with Gasteiger partial charge in [-0.25, -0.2) is 0 Å². The molecule has 3 aromatic rings. The highest BCUT2D eigenvalue weighted by atomic mass is 16.5. The van der Waals surface area contributed by atoms with Gasteiger partial charge in [0.25, 0.3) is 5.91 Å². The number of aliphatic hydroxyl groups excluding tert-OH is 1. The predicted molar refractivity (Wildman–Crippen MR) is 133 cm³/mol. The molecule has 0 atom stereocenters. The molecule has 7 nitrogen and oxygen atoms in total. The van der Waals surface area contributed by atoms with Crippen molar-refractivity contribution in [3.63, 3.8) is 0 Å². The van der Waals surface area contributed by atoms with Crippen LogP contribution in [0.4, 0.5) is 0 Å². The molecule has 1 amide bonds. The van der Waals surface area contributed by atoms with E-state index < -0.39 is 23.9 Å². The molecule has 0 aliphatic carbocycles. The summed E-state index contributed by atoms with van der Waals surface area (Å²) < 4.78 is 0. The van der Waals surface area contributed by atoms with E-state index in [1.807, 2.05) is 54.6 Å². The Morgan fingerprint density at radius 2 is 1.60 bits per heavy atom. The first kappa shape index (κ1) is 25.8. The molecule has 0 aliphatic rings. The van der Waals surface area contributed by atoms with Gasteiger partial charge in [-0.05, 0) is 40.8 Å². The molecule has 0 unspecified atom stereocenters. The molecule has 0 heterocycles. The third-order valence-electron chi connectivity index (χ3n) is 5.62. The molecular formula is C28H29NO6. The lowest BCUT2D eigenvalue weighted by molar-refractivity contribution is -0.146. The van der Waals surface area contributed by atoms with Gasteiger partial charge in [-0.2, -0.15) is 0 Å². The van der Waals surface area contributed by atoms with Crippen LogP contribution in [0.25, 0.3) is 16.8 Å². The van der Waals surface area contributed by atoms with Crippen molar-refractivity contribution in [3.05, 3.63) is 89.5 Å². The van der Waals surface area contributed by atoms with Crippen LogP contribution in [0.2, 0.25) is 0 Å². The number of carboxylic acid groups (broad SMARTS) is 1. The molecule has 3 N–H and O–H groups in total. The highest BCUT2D eigenvalue weighted by Gasteiger charge is 2.22. The number of Topliss-reactive ketones (excluding diaryl/α,β-unsaturated/α-hetero) is 1. The van der Waals surface area contributed by atoms with E-state index >= 15 is 0 Å². The number of hydrogen-bond donors (Lipinski definition) is 3. The molecular weight excluding hydrogens is 446 g/mol. The number of fused-ring (bicyclic) bond motifs is 1. The second-order valence-corrected chi connectivity index (χ2v) is 8.31. The van der Waals surface area contributed by atoms with E-state index in [0.29, 0.717) is 24.9 Å². The lowest BCUT2D eigenvalue weighted by Gasteiger charge is -2.22. The first-order valence-corrected chi connectivity index (χ1v) is 11.5. The van der Waals surface area contributed by atoms with Crippen LogP contribution in [0, 0.1) is 0 Å². The van der Waals surface area contributed by atoms with Crippen LogP contribution in [0.5, 0.6) is 0 Å². The molecule has 3 rings (SSSR count). The third kappa shape index (κ3) is 7.88. The number of nitrogens with zero attached hydrogens (tertiary/aromatic N) is 1. The summed E-state index contributed by atoms with van der Waals surface area (Å²) in [6.07, 6.45) is 2.95. The molecule has 0 fully saturated rings. The fraction of sp³-hybridized carbons (Fsp3) is 0.250. The Morgan fingerprint density at radius 1 is 0.886 bits per heavy atom. The van der Waals surface area contributed by atoms with E-state index in [4.69, 9.17) is 15.3 Å². The number of amides is 1. The van der Waals surface area contributed by atoms with E-state index in [1.165, 1.54) is 4.90 Å². The molecule has 0 aliphatic heterocycles. The number of benzene rings is 3. The number of allylic oxidation sites excluding steroid dienone is 1. The van der Waals surface area contributed by atoms with Gasteiger partial charge in [-0.1, -0.05) is 72.8 Å². The van der Waals surface area contributed by atoms with Gasteiger partial charge in [-0.3, -0.25) is 14.4 Å². The standard InChI is InChI=1S/C28H29NO6/c30-25(15-16-26(31)32)27(33)29(19-21-11-12-22-7-3-4-8-24(22)18-21)17-5-1-2-6-20-9-13-23(14-10-20)28(34)35/h2-4,6-14,18,28,34-35H,1,5,15-17,19H2,(H,31,32). The Morgan fingerprint density at radius 3 is 2.29 bits per heavy atom. The molecule has 35 heavy (non-hydrogen) atoms. The fourth-order valence-corrected chi connectivity index (χ4v) is 3.71. The summed E-state index contributed by atoms with van der Waals surface area (Å²) in [5.41, 5.74) is 2.21. The summed E-state index contributed by atoms with van der Waals surface area (Å²) in [6, 6.07) is 20.6. The summed E-state index contributed by atoms with van der Waals surface area (Å²) in [5, 5.41) is 29.3. The minimum absolute atomic E-state index is 0.261. The average molecular weight is 476 g/mol. The Balaban J connectivity index is 1.64. The van der Waals surface area contributed by atoms with Crippen molar-refractivity contribution in [2.75, 3.05) is 6.54 Å². The lowest BCUT2D eigenvalue weighted by Crippen LogP contribution is -2.37. The van der Waals surface area contributed by atoms with E-state index in [1.54, 1.807) is 24.3 Å². The summed E-state index contributed by atoms with van der Waals surface area (Å²) >= 11 is 0. The number of unbranched alkanes of at least 4 members (excludes halogenated alkanes) is 1. The number of ketones is 1. The van der Waals surface area contributed by atoms with Crippen molar-refractivity contribution in [1.82, 2.24) is 4.90 Å². The highest BCUT2D eigenvalue weighted by Crippen LogP contribution is 2.18. The maximum absolute atomic E-state index is 12.8. The minimum Gasteiger partial charge on any atom is -0.481 e. The van der Waals surface area contributed by atoms with Gasteiger partial charge in [0.15, 0.2) is 6.29 Å². The van der Waals surface area contributed by atoms with Crippen LogP contribution >= 0.6 is 0 Å². The van der Waals surface area contributed by atoms with Gasteiger partial charge in [0.05, 0.1) is 6.42 Å². The molecule has 3 aromatic carbocycles. The SMILES string of the molecule is O=C(O)CCC(=O)C(=O)N(CCCC=Cc1ccc(C(O)O)cc1)Cc1ccc2ccccc2c1. The molecule has 0 saturated carbocycles.